The van der Waals surface area contributed by atoms with Gasteiger partial charge in [0.25, 0.3) is 5.91 Å². The van der Waals surface area contributed by atoms with Crippen LogP contribution in [-0.2, 0) is 17.5 Å². The third kappa shape index (κ3) is 4.00. The minimum atomic E-state index is -4.61. The molecule has 36 heavy (non-hydrogen) atoms. The van der Waals surface area contributed by atoms with E-state index < -0.39 is 29.6 Å². The molecule has 2 aliphatic rings. The molecule has 0 radical (unpaired) electrons. The van der Waals surface area contributed by atoms with Crippen LogP contribution in [0, 0.1) is 11.2 Å². The molecule has 3 heterocycles. The molecule has 1 aliphatic heterocycles. The summed E-state index contributed by atoms with van der Waals surface area (Å²) < 4.78 is 60.3. The van der Waals surface area contributed by atoms with Crippen LogP contribution in [0.4, 0.5) is 29.1 Å². The Hall–Kier alpha value is -3.80. The van der Waals surface area contributed by atoms with E-state index >= 15 is 4.39 Å². The lowest BCUT2D eigenvalue weighted by Crippen LogP contribution is -2.41. The maximum absolute atomic E-state index is 15.2. The van der Waals surface area contributed by atoms with Gasteiger partial charge < -0.3 is 26.1 Å². The minimum absolute atomic E-state index is 0.0468. The van der Waals surface area contributed by atoms with E-state index in [0.717, 1.165) is 18.3 Å². The van der Waals surface area contributed by atoms with E-state index in [9.17, 15) is 18.0 Å². The molecule has 4 N–H and O–H groups in total. The molecule has 0 saturated heterocycles. The number of pyridine rings is 2. The second-order valence-electron chi connectivity index (χ2n) is 8.73. The van der Waals surface area contributed by atoms with Crippen LogP contribution in [0.5, 0.6) is 0 Å². The number of benzene rings is 1. The van der Waals surface area contributed by atoms with Gasteiger partial charge >= 0.3 is 6.18 Å². The monoisotopic (exact) mass is 502 g/mol. The summed E-state index contributed by atoms with van der Waals surface area (Å²) in [6.45, 7) is -0.0689. The Bertz CT molecular complexity index is 1390. The van der Waals surface area contributed by atoms with Gasteiger partial charge in [0.1, 0.15) is 17.3 Å². The van der Waals surface area contributed by atoms with Crippen LogP contribution in [-0.4, -0.2) is 46.7 Å². The molecular formula is C24H22F4N6O2. The Kier molecular flexibility index (Phi) is 5.78. The van der Waals surface area contributed by atoms with Gasteiger partial charge in [-0.05, 0) is 25.0 Å². The van der Waals surface area contributed by atoms with Gasteiger partial charge in [0.15, 0.2) is 0 Å². The summed E-state index contributed by atoms with van der Waals surface area (Å²) in [5.41, 5.74) is 6.12. The highest BCUT2D eigenvalue weighted by Crippen LogP contribution is 2.40. The molecule has 1 saturated carbocycles. The number of nitrogens with two attached hydrogens (primary N) is 1. The average Bonchev–Trinajstić information content (AvgIpc) is 3.67. The van der Waals surface area contributed by atoms with Gasteiger partial charge in [-0.3, -0.25) is 4.79 Å². The van der Waals surface area contributed by atoms with E-state index in [4.69, 9.17) is 15.9 Å². The number of anilines is 2. The second-order valence-corrected chi connectivity index (χ2v) is 8.73. The largest absolute Gasteiger partial charge is 0.433 e. The molecule has 1 atom stereocenters. The van der Waals surface area contributed by atoms with Crippen LogP contribution in [0.25, 0.3) is 10.9 Å². The SMILES string of the molecule is CNc1c(N)nc2cc(F)c(C(=O)N(C3CC3)[C@@H]3COCc4nc(C(F)(F)F)ccc43)cc2c1C=N. The van der Waals surface area contributed by atoms with Gasteiger partial charge in [-0.1, -0.05) is 6.07 Å². The fourth-order valence-electron chi connectivity index (χ4n) is 4.64. The third-order valence-corrected chi connectivity index (χ3v) is 6.45. The molecular weight excluding hydrogens is 480 g/mol. The average molecular weight is 502 g/mol. The summed E-state index contributed by atoms with van der Waals surface area (Å²) in [6.07, 6.45) is -2.21. The molecule has 5 rings (SSSR count). The Morgan fingerprint density at radius 2 is 2.03 bits per heavy atom. The quantitative estimate of drug-likeness (QED) is 0.354. The highest BCUT2D eigenvalue weighted by atomic mass is 19.4. The molecule has 0 unspecified atom stereocenters. The maximum Gasteiger partial charge on any atom is 0.433 e. The van der Waals surface area contributed by atoms with Crippen molar-refractivity contribution in [2.45, 2.75) is 37.7 Å². The summed E-state index contributed by atoms with van der Waals surface area (Å²) in [6, 6.07) is 3.70. The van der Waals surface area contributed by atoms with Crippen molar-refractivity contribution < 1.29 is 27.1 Å². The number of ether oxygens (including phenoxy) is 1. The fourth-order valence-corrected chi connectivity index (χ4v) is 4.64. The van der Waals surface area contributed by atoms with Crippen LogP contribution < -0.4 is 11.1 Å². The molecule has 2 aromatic heterocycles. The predicted molar refractivity (Wildman–Crippen MR) is 124 cm³/mol. The number of nitrogen functional groups attached to an aromatic ring is 1. The van der Waals surface area contributed by atoms with Crippen molar-refractivity contribution in [3.63, 3.8) is 0 Å². The van der Waals surface area contributed by atoms with Gasteiger partial charge in [-0.2, -0.15) is 13.2 Å². The smallest absolute Gasteiger partial charge is 0.385 e. The summed E-state index contributed by atoms with van der Waals surface area (Å²) >= 11 is 0. The van der Waals surface area contributed by atoms with Crippen LogP contribution in [0.3, 0.4) is 0 Å². The number of halogens is 4. The van der Waals surface area contributed by atoms with Crippen molar-refractivity contribution in [2.75, 3.05) is 24.7 Å². The third-order valence-electron chi connectivity index (χ3n) is 6.45. The van der Waals surface area contributed by atoms with E-state index in [1.165, 1.54) is 17.0 Å². The molecule has 0 bridgehead atoms. The number of amides is 1. The van der Waals surface area contributed by atoms with Gasteiger partial charge in [-0.25, -0.2) is 14.4 Å². The van der Waals surface area contributed by atoms with Gasteiger partial charge in [0.2, 0.25) is 0 Å². The van der Waals surface area contributed by atoms with Gasteiger partial charge in [0, 0.05) is 41.9 Å². The van der Waals surface area contributed by atoms with Crippen molar-refractivity contribution >= 4 is 34.5 Å². The number of aromatic nitrogens is 2. The summed E-state index contributed by atoms with van der Waals surface area (Å²) in [7, 11) is 1.61. The molecule has 3 aromatic rings. The maximum atomic E-state index is 15.2. The standard InChI is InChI=1S/C24H22F4N6O2/c1-31-21-15(8-29)13-6-14(16(25)7-17(13)33-22(21)30)23(35)34(11-2-3-11)19-10-36-9-18-12(19)4-5-20(32-18)24(26,27)28/h4-8,11,19,29,31H,2-3,9-10H2,1H3,(H2,30,33)/t19-/m1/s1. The normalized spacial score (nSPS) is 17.5. The van der Waals surface area contributed by atoms with E-state index in [1.54, 1.807) is 7.05 Å². The van der Waals surface area contributed by atoms with E-state index in [2.05, 4.69) is 15.3 Å². The number of hydrogen-bond acceptors (Lipinski definition) is 7. The van der Waals surface area contributed by atoms with Crippen LogP contribution in [0.1, 0.15) is 51.8 Å². The number of nitrogens with one attached hydrogen (secondary N) is 2. The molecule has 1 amide bonds. The van der Waals surface area contributed by atoms with Crippen molar-refractivity contribution in [3.8, 4) is 0 Å². The molecule has 188 valence electrons. The zero-order valence-corrected chi connectivity index (χ0v) is 19.1. The lowest BCUT2D eigenvalue weighted by molar-refractivity contribution is -0.141. The zero-order valence-electron chi connectivity index (χ0n) is 19.1. The number of fused-ring (bicyclic) bond motifs is 2. The summed E-state index contributed by atoms with van der Waals surface area (Å²) in [5, 5.41) is 11.1. The number of rotatable bonds is 5. The summed E-state index contributed by atoms with van der Waals surface area (Å²) in [4.78, 5) is 23.1. The van der Waals surface area contributed by atoms with E-state index in [0.29, 0.717) is 35.0 Å². The van der Waals surface area contributed by atoms with E-state index in [1.807, 2.05) is 0 Å². The Balaban J connectivity index is 1.59. The fraction of sp³-hybridized carbons (Fsp3) is 0.333. The molecule has 0 spiro atoms. The number of carbonyl (C=O) groups excluding carboxylic acids is 1. The first-order valence-electron chi connectivity index (χ1n) is 11.2. The van der Waals surface area contributed by atoms with Crippen LogP contribution >= 0.6 is 0 Å². The van der Waals surface area contributed by atoms with Crippen molar-refractivity contribution in [1.29, 1.82) is 5.41 Å². The number of carbonyl (C=O) groups is 1. The highest BCUT2D eigenvalue weighted by Gasteiger charge is 2.42. The van der Waals surface area contributed by atoms with Gasteiger partial charge in [0.05, 0.1) is 41.7 Å². The molecule has 1 aliphatic carbocycles. The Labute approximate surface area is 203 Å². The lowest BCUT2D eigenvalue weighted by Gasteiger charge is -2.36. The zero-order chi connectivity index (χ0) is 25.8. The summed E-state index contributed by atoms with van der Waals surface area (Å²) in [5.74, 6) is -1.36. The molecule has 12 heteroatoms. The second kappa shape index (κ2) is 8.70. The topological polar surface area (TPSA) is 117 Å². The molecule has 8 nitrogen and oxygen atoms in total. The molecule has 1 fully saturated rings. The Morgan fingerprint density at radius 3 is 2.67 bits per heavy atom. The van der Waals surface area contributed by atoms with E-state index in [-0.39, 0.29) is 41.8 Å². The number of alkyl halides is 3. The van der Waals surface area contributed by atoms with Gasteiger partial charge in [-0.15, -0.1) is 0 Å². The minimum Gasteiger partial charge on any atom is -0.385 e. The number of hydrogen-bond donors (Lipinski definition) is 3. The van der Waals surface area contributed by atoms with Crippen LogP contribution in [0.15, 0.2) is 24.3 Å². The molecule has 1 aromatic carbocycles. The lowest BCUT2D eigenvalue weighted by atomic mass is 9.98. The van der Waals surface area contributed by atoms with Crippen molar-refractivity contribution in [1.82, 2.24) is 14.9 Å². The Morgan fingerprint density at radius 1 is 1.28 bits per heavy atom. The predicted octanol–water partition coefficient (Wildman–Crippen LogP) is 4.29. The highest BCUT2D eigenvalue weighted by molar-refractivity contribution is 6.08. The first-order chi connectivity index (χ1) is 17.1. The van der Waals surface area contributed by atoms with Crippen LogP contribution in [0.2, 0.25) is 0 Å². The van der Waals surface area contributed by atoms with Crippen molar-refractivity contribution in [2.24, 2.45) is 0 Å². The number of nitrogens with zero attached hydrogens (tertiary/aromatic N) is 3. The van der Waals surface area contributed by atoms with Crippen molar-refractivity contribution in [3.05, 3.63) is 58.2 Å². The first kappa shape index (κ1) is 23.9. The first-order valence-corrected chi connectivity index (χ1v) is 11.2.